The molecule has 0 unspecified atom stereocenters. The number of thioether (sulfide) groups is 1. The van der Waals surface area contributed by atoms with Crippen LogP contribution in [0.5, 0.6) is 11.5 Å². The van der Waals surface area contributed by atoms with Crippen LogP contribution in [0.4, 0.5) is 11.4 Å². The summed E-state index contributed by atoms with van der Waals surface area (Å²) in [7, 11) is 1.49. The van der Waals surface area contributed by atoms with Gasteiger partial charge in [0, 0.05) is 10.0 Å². The molecule has 3 aromatic carbocycles. The number of rotatable bonds is 4. The maximum Gasteiger partial charge on any atom is 0.271 e. The molecule has 0 aromatic heterocycles. The average molecular weight is 537 g/mol. The highest BCUT2D eigenvalue weighted by Crippen LogP contribution is 2.42. The van der Waals surface area contributed by atoms with E-state index in [1.54, 1.807) is 23.1 Å². The van der Waals surface area contributed by atoms with Gasteiger partial charge in [-0.25, -0.2) is 4.99 Å². The summed E-state index contributed by atoms with van der Waals surface area (Å²) in [6, 6.07) is 15.5. The molecule has 34 heavy (non-hydrogen) atoms. The number of aliphatic imine (C=N–C) groups is 1. The molecule has 1 saturated heterocycles. The van der Waals surface area contributed by atoms with Crippen LogP contribution in [0.25, 0.3) is 6.08 Å². The number of phenolic OH excluding ortho intramolecular Hbond substituents is 1. The number of aryl methyl sites for hydroxylation is 4. The van der Waals surface area contributed by atoms with E-state index in [2.05, 4.69) is 15.9 Å². The first-order chi connectivity index (χ1) is 16.2. The molecule has 0 atom stereocenters. The molecule has 3 aromatic rings. The van der Waals surface area contributed by atoms with E-state index < -0.39 is 0 Å². The first-order valence-electron chi connectivity index (χ1n) is 10.7. The number of halogens is 1. The van der Waals surface area contributed by atoms with Crippen LogP contribution >= 0.6 is 27.7 Å². The minimum Gasteiger partial charge on any atom is -0.504 e. The zero-order valence-electron chi connectivity index (χ0n) is 19.6. The van der Waals surface area contributed by atoms with Gasteiger partial charge in [0.1, 0.15) is 0 Å². The Morgan fingerprint density at radius 3 is 2.38 bits per heavy atom. The van der Waals surface area contributed by atoms with Gasteiger partial charge in [-0.15, -0.1) is 0 Å². The van der Waals surface area contributed by atoms with E-state index in [1.807, 2.05) is 64.1 Å². The van der Waals surface area contributed by atoms with Gasteiger partial charge in [0.2, 0.25) is 0 Å². The standard InChI is InChI=1S/C27H25BrN2O3S/c1-15-6-8-17(3)21(10-15)29-27-30(22-11-16(2)7-9-18(22)4)26(32)24(34-27)13-19-12-20(28)14-23(33-5)25(19)31/h6-14,31H,1-5H3/b24-13-,29-27?. The third kappa shape index (κ3) is 4.76. The first-order valence-corrected chi connectivity index (χ1v) is 12.3. The van der Waals surface area contributed by atoms with Gasteiger partial charge in [-0.3, -0.25) is 9.69 Å². The summed E-state index contributed by atoms with van der Waals surface area (Å²) in [6.45, 7) is 8.01. The van der Waals surface area contributed by atoms with Crippen LogP contribution in [0.3, 0.4) is 0 Å². The highest BCUT2D eigenvalue weighted by molar-refractivity contribution is 9.10. The van der Waals surface area contributed by atoms with Crippen molar-refractivity contribution in [3.63, 3.8) is 0 Å². The molecule has 0 aliphatic carbocycles. The number of carbonyl (C=O) groups excluding carboxylic acids is 1. The number of carbonyl (C=O) groups is 1. The lowest BCUT2D eigenvalue weighted by Gasteiger charge is -2.19. The van der Waals surface area contributed by atoms with Gasteiger partial charge in [-0.1, -0.05) is 40.2 Å². The van der Waals surface area contributed by atoms with Crippen LogP contribution in [-0.4, -0.2) is 23.3 Å². The third-order valence-electron chi connectivity index (χ3n) is 5.57. The van der Waals surface area contributed by atoms with E-state index >= 15 is 0 Å². The minimum absolute atomic E-state index is 0.0233. The molecular weight excluding hydrogens is 512 g/mol. The van der Waals surface area contributed by atoms with Crippen molar-refractivity contribution < 1.29 is 14.6 Å². The fourth-order valence-electron chi connectivity index (χ4n) is 3.67. The highest BCUT2D eigenvalue weighted by atomic mass is 79.9. The Kier molecular flexibility index (Phi) is 6.86. The van der Waals surface area contributed by atoms with Crippen LogP contribution in [0.15, 0.2) is 62.9 Å². The highest BCUT2D eigenvalue weighted by Gasteiger charge is 2.36. The molecule has 0 spiro atoms. The van der Waals surface area contributed by atoms with Crippen LogP contribution in [0.1, 0.15) is 27.8 Å². The Balaban J connectivity index is 1.88. The van der Waals surface area contributed by atoms with E-state index in [0.29, 0.717) is 21.4 Å². The summed E-state index contributed by atoms with van der Waals surface area (Å²) < 4.78 is 6.00. The summed E-state index contributed by atoms with van der Waals surface area (Å²) in [5.41, 5.74) is 6.24. The van der Waals surface area contributed by atoms with Crippen molar-refractivity contribution in [1.29, 1.82) is 0 Å². The minimum atomic E-state index is -0.193. The van der Waals surface area contributed by atoms with Crippen molar-refractivity contribution in [2.75, 3.05) is 12.0 Å². The van der Waals surface area contributed by atoms with Crippen molar-refractivity contribution in [3.8, 4) is 11.5 Å². The Labute approximate surface area is 212 Å². The summed E-state index contributed by atoms with van der Waals surface area (Å²) in [6.07, 6.45) is 1.68. The molecule has 174 valence electrons. The van der Waals surface area contributed by atoms with Crippen LogP contribution in [0, 0.1) is 27.7 Å². The zero-order chi connectivity index (χ0) is 24.6. The van der Waals surface area contributed by atoms with Crippen LogP contribution in [0.2, 0.25) is 0 Å². The fraction of sp³-hybridized carbons (Fsp3) is 0.185. The Morgan fingerprint density at radius 1 is 1.00 bits per heavy atom. The fourth-order valence-corrected chi connectivity index (χ4v) is 5.10. The van der Waals surface area contributed by atoms with Gasteiger partial charge >= 0.3 is 0 Å². The van der Waals surface area contributed by atoms with Crippen molar-refractivity contribution in [1.82, 2.24) is 0 Å². The largest absolute Gasteiger partial charge is 0.504 e. The van der Waals surface area contributed by atoms with Crippen LogP contribution < -0.4 is 9.64 Å². The molecule has 0 radical (unpaired) electrons. The summed E-state index contributed by atoms with van der Waals surface area (Å²) in [5.74, 6) is 0.109. The number of phenols is 1. The summed E-state index contributed by atoms with van der Waals surface area (Å²) >= 11 is 4.73. The smallest absolute Gasteiger partial charge is 0.271 e. The zero-order valence-corrected chi connectivity index (χ0v) is 22.0. The van der Waals surface area contributed by atoms with E-state index in [9.17, 15) is 9.90 Å². The molecule has 4 rings (SSSR count). The molecule has 0 bridgehead atoms. The molecule has 1 N–H and O–H groups in total. The number of ether oxygens (including phenoxy) is 1. The number of benzene rings is 3. The molecular formula is C27H25BrN2O3S. The summed E-state index contributed by atoms with van der Waals surface area (Å²) in [4.78, 5) is 20.7. The first kappa shape index (κ1) is 24.1. The van der Waals surface area contributed by atoms with Gasteiger partial charge in [0.15, 0.2) is 16.7 Å². The molecule has 1 amide bonds. The molecule has 1 heterocycles. The lowest BCUT2D eigenvalue weighted by Crippen LogP contribution is -2.29. The predicted octanol–water partition coefficient (Wildman–Crippen LogP) is 7.21. The van der Waals surface area contributed by atoms with Crippen LogP contribution in [-0.2, 0) is 4.79 Å². The maximum atomic E-state index is 13.7. The molecule has 1 aliphatic heterocycles. The lowest BCUT2D eigenvalue weighted by molar-refractivity contribution is -0.113. The Bertz CT molecular complexity index is 1360. The topological polar surface area (TPSA) is 62.1 Å². The van der Waals surface area contributed by atoms with Gasteiger partial charge in [-0.2, -0.15) is 0 Å². The van der Waals surface area contributed by atoms with Crippen molar-refractivity contribution in [2.24, 2.45) is 4.99 Å². The number of hydrogen-bond donors (Lipinski definition) is 1. The van der Waals surface area contributed by atoms with E-state index in [1.165, 1.54) is 18.9 Å². The number of hydrogen-bond acceptors (Lipinski definition) is 5. The molecule has 0 saturated carbocycles. The maximum absolute atomic E-state index is 13.7. The molecule has 7 heteroatoms. The number of methoxy groups -OCH3 is 1. The quantitative estimate of drug-likeness (QED) is 0.358. The van der Waals surface area contributed by atoms with Gasteiger partial charge in [0.25, 0.3) is 5.91 Å². The normalized spacial score (nSPS) is 16.1. The second-order valence-corrected chi connectivity index (χ2v) is 10.2. The van der Waals surface area contributed by atoms with Gasteiger partial charge < -0.3 is 9.84 Å². The monoisotopic (exact) mass is 536 g/mol. The van der Waals surface area contributed by atoms with Gasteiger partial charge in [-0.05, 0) is 92.1 Å². The van der Waals surface area contributed by atoms with Crippen molar-refractivity contribution >= 4 is 56.2 Å². The SMILES string of the molecule is COc1cc(Br)cc(/C=C2\SC(=Nc3cc(C)ccc3C)N(c3cc(C)ccc3C)C2=O)c1O. The molecule has 5 nitrogen and oxygen atoms in total. The van der Waals surface area contributed by atoms with Gasteiger partial charge in [0.05, 0.1) is 23.4 Å². The Morgan fingerprint density at radius 2 is 1.68 bits per heavy atom. The second kappa shape index (κ2) is 9.68. The number of aromatic hydroxyl groups is 1. The van der Waals surface area contributed by atoms with E-state index in [4.69, 9.17) is 9.73 Å². The van der Waals surface area contributed by atoms with E-state index in [0.717, 1.165) is 38.1 Å². The number of nitrogens with zero attached hydrogens (tertiary/aromatic N) is 2. The summed E-state index contributed by atoms with van der Waals surface area (Å²) in [5, 5.41) is 11.2. The number of amides is 1. The number of anilines is 1. The number of amidine groups is 1. The van der Waals surface area contributed by atoms with Crippen molar-refractivity contribution in [3.05, 3.63) is 85.7 Å². The Hall–Kier alpha value is -3.03. The molecule has 1 aliphatic rings. The third-order valence-corrected chi connectivity index (χ3v) is 7.00. The second-order valence-electron chi connectivity index (χ2n) is 8.27. The molecule has 1 fully saturated rings. The predicted molar refractivity (Wildman–Crippen MR) is 144 cm³/mol. The van der Waals surface area contributed by atoms with Crippen molar-refractivity contribution in [2.45, 2.75) is 27.7 Å². The lowest BCUT2D eigenvalue weighted by atomic mass is 10.1. The van der Waals surface area contributed by atoms with E-state index in [-0.39, 0.29) is 11.7 Å². The average Bonchev–Trinajstić information content (AvgIpc) is 3.09.